The lowest BCUT2D eigenvalue weighted by molar-refractivity contribution is -0.120. The highest BCUT2D eigenvalue weighted by Crippen LogP contribution is 2.02. The second-order valence-electron chi connectivity index (χ2n) is 3.58. The van der Waals surface area contributed by atoms with Gasteiger partial charge in [0.05, 0.1) is 13.2 Å². The first-order valence-electron chi connectivity index (χ1n) is 5.43. The van der Waals surface area contributed by atoms with Crippen molar-refractivity contribution in [1.82, 2.24) is 10.6 Å². The Morgan fingerprint density at radius 3 is 3.00 bits per heavy atom. The fraction of sp³-hybridized carbons (Fsp3) is 0.417. The molecule has 0 aliphatic carbocycles. The minimum absolute atomic E-state index is 0.0987. The van der Waals surface area contributed by atoms with E-state index in [0.29, 0.717) is 19.7 Å². The van der Waals surface area contributed by atoms with Crippen LogP contribution in [0.1, 0.15) is 5.56 Å². The van der Waals surface area contributed by atoms with Gasteiger partial charge >= 0.3 is 0 Å². The van der Waals surface area contributed by atoms with Crippen molar-refractivity contribution < 1.29 is 13.9 Å². The lowest BCUT2D eigenvalue weighted by Crippen LogP contribution is -2.35. The molecule has 0 heterocycles. The van der Waals surface area contributed by atoms with E-state index in [0.717, 1.165) is 5.56 Å². The second kappa shape index (κ2) is 7.76. The third kappa shape index (κ3) is 5.99. The Morgan fingerprint density at radius 1 is 1.47 bits per heavy atom. The molecule has 17 heavy (non-hydrogen) atoms. The first kappa shape index (κ1) is 13.6. The van der Waals surface area contributed by atoms with Crippen molar-refractivity contribution in [1.29, 1.82) is 0 Å². The molecule has 5 heteroatoms. The van der Waals surface area contributed by atoms with Crippen LogP contribution in [-0.4, -0.2) is 32.7 Å². The Balaban J connectivity index is 2.17. The van der Waals surface area contributed by atoms with Crippen molar-refractivity contribution in [2.75, 3.05) is 26.8 Å². The van der Waals surface area contributed by atoms with E-state index in [9.17, 15) is 9.18 Å². The number of amides is 1. The zero-order valence-corrected chi connectivity index (χ0v) is 9.83. The van der Waals surface area contributed by atoms with Gasteiger partial charge in [-0.05, 0) is 17.7 Å². The Labute approximate surface area is 100 Å². The SMILES string of the molecule is COCCNC(=O)CNCc1cccc(F)c1. The van der Waals surface area contributed by atoms with Gasteiger partial charge in [-0.15, -0.1) is 0 Å². The molecule has 94 valence electrons. The number of methoxy groups -OCH3 is 1. The summed E-state index contributed by atoms with van der Waals surface area (Å²) < 4.78 is 17.6. The predicted octanol–water partition coefficient (Wildman–Crippen LogP) is 0.678. The highest BCUT2D eigenvalue weighted by Gasteiger charge is 2.00. The third-order valence-corrected chi connectivity index (χ3v) is 2.13. The normalized spacial score (nSPS) is 10.2. The van der Waals surface area contributed by atoms with Crippen molar-refractivity contribution in [2.24, 2.45) is 0 Å². The smallest absolute Gasteiger partial charge is 0.234 e. The van der Waals surface area contributed by atoms with Gasteiger partial charge in [-0.3, -0.25) is 4.79 Å². The number of halogens is 1. The minimum atomic E-state index is -0.270. The lowest BCUT2D eigenvalue weighted by atomic mass is 10.2. The van der Waals surface area contributed by atoms with Crippen LogP contribution in [0.2, 0.25) is 0 Å². The van der Waals surface area contributed by atoms with Crippen LogP contribution in [0.25, 0.3) is 0 Å². The summed E-state index contributed by atoms with van der Waals surface area (Å²) in [7, 11) is 1.58. The van der Waals surface area contributed by atoms with Crippen molar-refractivity contribution in [2.45, 2.75) is 6.54 Å². The maximum Gasteiger partial charge on any atom is 0.234 e. The molecule has 0 bridgehead atoms. The van der Waals surface area contributed by atoms with E-state index in [4.69, 9.17) is 4.74 Å². The topological polar surface area (TPSA) is 50.4 Å². The zero-order chi connectivity index (χ0) is 12.5. The fourth-order valence-corrected chi connectivity index (χ4v) is 1.32. The van der Waals surface area contributed by atoms with Crippen molar-refractivity contribution in [3.8, 4) is 0 Å². The van der Waals surface area contributed by atoms with E-state index in [2.05, 4.69) is 10.6 Å². The summed E-state index contributed by atoms with van der Waals surface area (Å²) in [5, 5.41) is 5.62. The molecule has 0 aliphatic heterocycles. The van der Waals surface area contributed by atoms with Crippen LogP contribution in [-0.2, 0) is 16.1 Å². The van der Waals surface area contributed by atoms with Crippen LogP contribution < -0.4 is 10.6 Å². The molecule has 0 fully saturated rings. The van der Waals surface area contributed by atoms with E-state index in [1.807, 2.05) is 0 Å². The molecule has 0 unspecified atom stereocenters. The molecule has 1 aromatic rings. The minimum Gasteiger partial charge on any atom is -0.383 e. The van der Waals surface area contributed by atoms with Gasteiger partial charge in [0, 0.05) is 20.2 Å². The van der Waals surface area contributed by atoms with Crippen LogP contribution in [0.4, 0.5) is 4.39 Å². The van der Waals surface area contributed by atoms with Crippen LogP contribution in [0.3, 0.4) is 0 Å². The van der Waals surface area contributed by atoms with Crippen molar-refractivity contribution in [3.05, 3.63) is 35.6 Å². The number of ether oxygens (including phenoxy) is 1. The largest absolute Gasteiger partial charge is 0.383 e. The summed E-state index contributed by atoms with van der Waals surface area (Å²) in [4.78, 5) is 11.3. The van der Waals surface area contributed by atoms with Gasteiger partial charge in [-0.25, -0.2) is 4.39 Å². The number of hydrogen-bond donors (Lipinski definition) is 2. The van der Waals surface area contributed by atoms with Crippen LogP contribution in [0.5, 0.6) is 0 Å². The molecule has 2 N–H and O–H groups in total. The van der Waals surface area contributed by atoms with E-state index in [-0.39, 0.29) is 18.3 Å². The summed E-state index contributed by atoms with van der Waals surface area (Å²) >= 11 is 0. The monoisotopic (exact) mass is 240 g/mol. The van der Waals surface area contributed by atoms with E-state index < -0.39 is 0 Å². The van der Waals surface area contributed by atoms with Gasteiger partial charge in [0.1, 0.15) is 5.82 Å². The molecule has 0 saturated heterocycles. The van der Waals surface area contributed by atoms with Gasteiger partial charge in [0.15, 0.2) is 0 Å². The Morgan fingerprint density at radius 2 is 2.29 bits per heavy atom. The van der Waals surface area contributed by atoms with Crippen LogP contribution in [0, 0.1) is 5.82 Å². The molecule has 4 nitrogen and oxygen atoms in total. The fourth-order valence-electron chi connectivity index (χ4n) is 1.32. The van der Waals surface area contributed by atoms with E-state index >= 15 is 0 Å². The first-order chi connectivity index (χ1) is 8.22. The standard InChI is InChI=1S/C12H17FN2O2/c1-17-6-5-15-12(16)9-14-8-10-3-2-4-11(13)7-10/h2-4,7,14H,5-6,8-9H2,1H3,(H,15,16). The molecule has 1 amide bonds. The molecular weight excluding hydrogens is 223 g/mol. The summed E-state index contributed by atoms with van der Waals surface area (Å²) in [6, 6.07) is 6.28. The van der Waals surface area contributed by atoms with Gasteiger partial charge in [-0.2, -0.15) is 0 Å². The second-order valence-corrected chi connectivity index (χ2v) is 3.58. The Bertz CT molecular complexity index is 358. The van der Waals surface area contributed by atoms with Gasteiger partial charge in [0.25, 0.3) is 0 Å². The summed E-state index contributed by atoms with van der Waals surface area (Å²) in [5.41, 5.74) is 0.815. The average molecular weight is 240 g/mol. The molecule has 0 spiro atoms. The Kier molecular flexibility index (Phi) is 6.21. The number of hydrogen-bond acceptors (Lipinski definition) is 3. The van der Waals surface area contributed by atoms with E-state index in [1.165, 1.54) is 12.1 Å². The maximum absolute atomic E-state index is 12.8. The van der Waals surface area contributed by atoms with Crippen molar-refractivity contribution in [3.63, 3.8) is 0 Å². The highest BCUT2D eigenvalue weighted by atomic mass is 19.1. The summed E-state index contributed by atoms with van der Waals surface area (Å²) in [5.74, 6) is -0.368. The predicted molar refractivity (Wildman–Crippen MR) is 63.0 cm³/mol. The molecule has 0 aliphatic rings. The summed E-state index contributed by atoms with van der Waals surface area (Å²) in [6.45, 7) is 1.67. The quantitative estimate of drug-likeness (QED) is 0.689. The molecule has 0 radical (unpaired) electrons. The number of carbonyl (C=O) groups excluding carboxylic acids is 1. The molecular formula is C12H17FN2O2. The highest BCUT2D eigenvalue weighted by molar-refractivity contribution is 5.77. The number of rotatable bonds is 7. The molecule has 0 saturated carbocycles. The number of nitrogens with one attached hydrogen (secondary N) is 2. The molecule has 1 rings (SSSR count). The maximum atomic E-state index is 12.8. The van der Waals surface area contributed by atoms with Gasteiger partial charge in [-0.1, -0.05) is 12.1 Å². The third-order valence-electron chi connectivity index (χ3n) is 2.13. The molecule has 0 aromatic heterocycles. The Hall–Kier alpha value is -1.46. The molecule has 0 atom stereocenters. The van der Waals surface area contributed by atoms with Crippen molar-refractivity contribution >= 4 is 5.91 Å². The summed E-state index contributed by atoms with van der Waals surface area (Å²) in [6.07, 6.45) is 0. The average Bonchev–Trinajstić information content (AvgIpc) is 2.29. The van der Waals surface area contributed by atoms with E-state index in [1.54, 1.807) is 19.2 Å². The van der Waals surface area contributed by atoms with Gasteiger partial charge in [0.2, 0.25) is 5.91 Å². The number of benzene rings is 1. The molecule has 1 aromatic carbocycles. The first-order valence-corrected chi connectivity index (χ1v) is 5.43. The van der Waals surface area contributed by atoms with Crippen LogP contribution in [0.15, 0.2) is 24.3 Å². The van der Waals surface area contributed by atoms with Crippen LogP contribution >= 0.6 is 0 Å². The lowest BCUT2D eigenvalue weighted by Gasteiger charge is -2.06. The van der Waals surface area contributed by atoms with Gasteiger partial charge < -0.3 is 15.4 Å². The zero-order valence-electron chi connectivity index (χ0n) is 9.83. The number of carbonyl (C=O) groups is 1.